The molecule has 3 nitrogen and oxygen atoms in total. The Morgan fingerprint density at radius 1 is 1.21 bits per heavy atom. The van der Waals surface area contributed by atoms with E-state index in [2.05, 4.69) is 47.3 Å². The molecule has 2 heterocycles. The lowest BCUT2D eigenvalue weighted by Crippen LogP contribution is -2.38. The second kappa shape index (κ2) is 5.41. The van der Waals surface area contributed by atoms with Gasteiger partial charge in [-0.05, 0) is 43.5 Å². The van der Waals surface area contributed by atoms with Crippen LogP contribution in [0.25, 0.3) is 0 Å². The van der Waals surface area contributed by atoms with Crippen LogP contribution in [0.2, 0.25) is 0 Å². The lowest BCUT2D eigenvalue weighted by atomic mass is 10.0. The van der Waals surface area contributed by atoms with Gasteiger partial charge in [0.25, 0.3) is 0 Å². The topological polar surface area (TPSA) is 18.5 Å². The molecule has 0 radical (unpaired) electrons. The van der Waals surface area contributed by atoms with Crippen LogP contribution in [0.15, 0.2) is 18.2 Å². The van der Waals surface area contributed by atoms with Crippen LogP contribution in [0, 0.1) is 0 Å². The summed E-state index contributed by atoms with van der Waals surface area (Å²) in [5, 5.41) is 3.72. The van der Waals surface area contributed by atoms with Crippen LogP contribution >= 0.6 is 0 Å². The normalized spacial score (nSPS) is 20.6. The first-order valence-corrected chi connectivity index (χ1v) is 7.59. The fourth-order valence-corrected chi connectivity index (χ4v) is 3.26. The van der Waals surface area contributed by atoms with Crippen LogP contribution in [-0.2, 0) is 6.42 Å². The highest BCUT2D eigenvalue weighted by atomic mass is 15.1. The molecule has 0 aromatic heterocycles. The zero-order chi connectivity index (χ0) is 13.2. The molecule has 1 aromatic carbocycles. The van der Waals surface area contributed by atoms with Gasteiger partial charge >= 0.3 is 0 Å². The number of nitrogens with one attached hydrogen (secondary N) is 1. The molecule has 1 aromatic rings. The summed E-state index contributed by atoms with van der Waals surface area (Å²) in [6.07, 6.45) is 3.72. The molecule has 0 bridgehead atoms. The number of anilines is 2. The Bertz CT molecular complexity index is 436. The Morgan fingerprint density at radius 3 is 2.74 bits per heavy atom. The molecule has 3 heteroatoms. The van der Waals surface area contributed by atoms with Crippen LogP contribution in [0.1, 0.15) is 25.3 Å². The van der Waals surface area contributed by atoms with Crippen molar-refractivity contribution in [2.24, 2.45) is 0 Å². The van der Waals surface area contributed by atoms with E-state index in [0.717, 1.165) is 6.54 Å². The smallest absolute Gasteiger partial charge is 0.0417 e. The summed E-state index contributed by atoms with van der Waals surface area (Å²) in [5.74, 6) is 0. The number of rotatable bonds is 3. The van der Waals surface area contributed by atoms with Crippen LogP contribution in [0.5, 0.6) is 0 Å². The highest BCUT2D eigenvalue weighted by Gasteiger charge is 2.19. The molecule has 0 saturated carbocycles. The van der Waals surface area contributed by atoms with E-state index in [9.17, 15) is 0 Å². The highest BCUT2D eigenvalue weighted by molar-refractivity contribution is 5.65. The second-order valence-corrected chi connectivity index (χ2v) is 5.87. The van der Waals surface area contributed by atoms with Crippen LogP contribution in [0.3, 0.4) is 0 Å². The first kappa shape index (κ1) is 12.8. The number of nitrogens with zero attached hydrogens (tertiary/aromatic N) is 2. The SMILES string of the molecule is CCN1CCC(Nc2ccc3c(c2)N(C)CC3)CC1. The summed E-state index contributed by atoms with van der Waals surface area (Å²) >= 11 is 0. The van der Waals surface area contributed by atoms with Crippen molar-refractivity contribution in [1.29, 1.82) is 0 Å². The zero-order valence-electron chi connectivity index (χ0n) is 12.2. The molecule has 0 unspecified atom stereocenters. The van der Waals surface area contributed by atoms with E-state index in [1.807, 2.05) is 0 Å². The Morgan fingerprint density at radius 2 is 2.00 bits per heavy atom. The summed E-state index contributed by atoms with van der Waals surface area (Å²) in [7, 11) is 2.19. The number of likely N-dealkylation sites (tertiary alicyclic amines) is 1. The summed E-state index contributed by atoms with van der Waals surface area (Å²) in [6.45, 7) is 7.08. The number of piperidine rings is 1. The minimum absolute atomic E-state index is 0.646. The fraction of sp³-hybridized carbons (Fsp3) is 0.625. The summed E-state index contributed by atoms with van der Waals surface area (Å²) in [6, 6.07) is 7.52. The first-order valence-electron chi connectivity index (χ1n) is 7.59. The van der Waals surface area contributed by atoms with Gasteiger partial charge in [-0.1, -0.05) is 13.0 Å². The number of likely N-dealkylation sites (N-methyl/N-ethyl adjacent to an activating group) is 1. The van der Waals surface area contributed by atoms with Crippen molar-refractivity contribution in [1.82, 2.24) is 4.90 Å². The van der Waals surface area contributed by atoms with Gasteiger partial charge in [0.1, 0.15) is 0 Å². The van der Waals surface area contributed by atoms with Gasteiger partial charge in [0.2, 0.25) is 0 Å². The van der Waals surface area contributed by atoms with E-state index >= 15 is 0 Å². The molecule has 0 amide bonds. The van der Waals surface area contributed by atoms with Crippen molar-refractivity contribution < 1.29 is 0 Å². The van der Waals surface area contributed by atoms with Crippen LogP contribution < -0.4 is 10.2 Å². The van der Waals surface area contributed by atoms with Gasteiger partial charge in [0.05, 0.1) is 0 Å². The highest BCUT2D eigenvalue weighted by Crippen LogP contribution is 2.30. The molecule has 1 fully saturated rings. The first-order chi connectivity index (χ1) is 9.26. The number of hydrogen-bond acceptors (Lipinski definition) is 3. The molecular formula is C16H25N3. The third kappa shape index (κ3) is 2.71. The monoisotopic (exact) mass is 259 g/mol. The third-order valence-corrected chi connectivity index (χ3v) is 4.62. The van der Waals surface area contributed by atoms with E-state index < -0.39 is 0 Å². The molecule has 0 aliphatic carbocycles. The molecule has 1 N–H and O–H groups in total. The Labute approximate surface area is 116 Å². The van der Waals surface area contributed by atoms with Crippen molar-refractivity contribution in [3.05, 3.63) is 23.8 Å². The van der Waals surface area contributed by atoms with Crippen molar-refractivity contribution in [2.45, 2.75) is 32.2 Å². The van der Waals surface area contributed by atoms with Crippen molar-refractivity contribution >= 4 is 11.4 Å². The van der Waals surface area contributed by atoms with E-state index in [1.165, 1.54) is 55.8 Å². The van der Waals surface area contributed by atoms with Gasteiger partial charge in [-0.25, -0.2) is 0 Å². The largest absolute Gasteiger partial charge is 0.382 e. The van der Waals surface area contributed by atoms with Gasteiger partial charge in [-0.3, -0.25) is 0 Å². The lowest BCUT2D eigenvalue weighted by Gasteiger charge is -2.32. The van der Waals surface area contributed by atoms with Gasteiger partial charge in [-0.2, -0.15) is 0 Å². The van der Waals surface area contributed by atoms with E-state index in [-0.39, 0.29) is 0 Å². The summed E-state index contributed by atoms with van der Waals surface area (Å²) < 4.78 is 0. The van der Waals surface area contributed by atoms with Gasteiger partial charge in [0, 0.05) is 44.1 Å². The average molecular weight is 259 g/mol. The minimum Gasteiger partial charge on any atom is -0.382 e. The minimum atomic E-state index is 0.646. The summed E-state index contributed by atoms with van der Waals surface area (Å²) in [4.78, 5) is 4.90. The number of benzene rings is 1. The number of hydrogen-bond donors (Lipinski definition) is 1. The van der Waals surface area contributed by atoms with Crippen LogP contribution in [-0.4, -0.2) is 44.2 Å². The molecule has 0 atom stereocenters. The molecule has 2 aliphatic heterocycles. The van der Waals surface area contributed by atoms with E-state index in [1.54, 1.807) is 0 Å². The maximum Gasteiger partial charge on any atom is 0.0417 e. The molecule has 19 heavy (non-hydrogen) atoms. The maximum atomic E-state index is 3.72. The van der Waals surface area contributed by atoms with Crippen LogP contribution in [0.4, 0.5) is 11.4 Å². The van der Waals surface area contributed by atoms with Crippen molar-refractivity contribution in [2.75, 3.05) is 43.4 Å². The molecular weight excluding hydrogens is 234 g/mol. The third-order valence-electron chi connectivity index (χ3n) is 4.62. The zero-order valence-corrected chi connectivity index (χ0v) is 12.2. The Balaban J connectivity index is 1.63. The fourth-order valence-electron chi connectivity index (χ4n) is 3.26. The molecule has 104 valence electrons. The van der Waals surface area contributed by atoms with E-state index in [4.69, 9.17) is 0 Å². The van der Waals surface area contributed by atoms with Gasteiger partial charge in [0.15, 0.2) is 0 Å². The van der Waals surface area contributed by atoms with Gasteiger partial charge < -0.3 is 15.1 Å². The van der Waals surface area contributed by atoms with Crippen molar-refractivity contribution in [3.63, 3.8) is 0 Å². The summed E-state index contributed by atoms with van der Waals surface area (Å²) in [5.41, 5.74) is 4.20. The molecule has 0 spiro atoms. The van der Waals surface area contributed by atoms with Crippen molar-refractivity contribution in [3.8, 4) is 0 Å². The predicted octanol–water partition coefficient (Wildman–Crippen LogP) is 2.58. The second-order valence-electron chi connectivity index (χ2n) is 5.87. The quantitative estimate of drug-likeness (QED) is 0.900. The molecule has 3 rings (SSSR count). The average Bonchev–Trinajstić information content (AvgIpc) is 2.81. The number of fused-ring (bicyclic) bond motifs is 1. The lowest BCUT2D eigenvalue weighted by molar-refractivity contribution is 0.229. The van der Waals surface area contributed by atoms with E-state index in [0.29, 0.717) is 6.04 Å². The molecule has 2 aliphatic rings. The Kier molecular flexibility index (Phi) is 3.65. The van der Waals surface area contributed by atoms with Gasteiger partial charge in [-0.15, -0.1) is 0 Å². The predicted molar refractivity (Wildman–Crippen MR) is 82.2 cm³/mol. The molecule has 1 saturated heterocycles. The standard InChI is InChI=1S/C16H25N3/c1-3-19-10-7-14(8-11-19)17-15-5-4-13-6-9-18(2)16(13)12-15/h4-5,12,14,17H,3,6-11H2,1-2H3. The Hall–Kier alpha value is -1.22. The maximum absolute atomic E-state index is 3.72.